The average molecular weight is 266 g/mol. The monoisotopic (exact) mass is 266 g/mol. The zero-order valence-corrected chi connectivity index (χ0v) is 11.8. The van der Waals surface area contributed by atoms with Crippen molar-refractivity contribution in [2.45, 2.75) is 46.2 Å². The summed E-state index contributed by atoms with van der Waals surface area (Å²) in [5, 5.41) is 6.60. The molecule has 0 aromatic carbocycles. The van der Waals surface area contributed by atoms with E-state index in [1.165, 1.54) is 12.8 Å². The largest absolute Gasteiger partial charge is 0.346 e. The maximum absolute atomic E-state index is 12.3. The molecule has 2 rings (SSSR count). The Labute approximate surface area is 113 Å². The van der Waals surface area contributed by atoms with Crippen LogP contribution in [0.5, 0.6) is 0 Å². The highest BCUT2D eigenvalue weighted by Gasteiger charge is 2.30. The molecule has 1 fully saturated rings. The highest BCUT2D eigenvalue weighted by molar-refractivity contribution is 5.81. The van der Waals surface area contributed by atoms with Crippen molar-refractivity contribution < 1.29 is 9.32 Å². The summed E-state index contributed by atoms with van der Waals surface area (Å²) >= 11 is 0. The first-order valence-corrected chi connectivity index (χ1v) is 6.89. The molecule has 0 radical (unpaired) electrons. The lowest BCUT2D eigenvalue weighted by Gasteiger charge is -2.29. The number of rotatable bonds is 5. The Morgan fingerprint density at radius 2 is 2.11 bits per heavy atom. The van der Waals surface area contributed by atoms with E-state index in [9.17, 15) is 4.79 Å². The fourth-order valence-electron chi connectivity index (χ4n) is 2.59. The lowest BCUT2D eigenvalue weighted by Crippen LogP contribution is -2.48. The maximum Gasteiger partial charge on any atom is 0.246 e. The number of carbonyl (C=O) groups excluding carboxylic acids is 1. The van der Waals surface area contributed by atoms with E-state index in [0.717, 1.165) is 13.1 Å². The van der Waals surface area contributed by atoms with Crippen LogP contribution in [-0.4, -0.2) is 40.1 Å². The van der Waals surface area contributed by atoms with Crippen LogP contribution in [-0.2, 0) is 11.3 Å². The topological polar surface area (TPSA) is 71.3 Å². The fourth-order valence-corrected chi connectivity index (χ4v) is 2.59. The third-order valence-electron chi connectivity index (χ3n) is 3.42. The summed E-state index contributed by atoms with van der Waals surface area (Å²) < 4.78 is 4.99. The van der Waals surface area contributed by atoms with Crippen molar-refractivity contribution >= 4 is 5.91 Å². The number of hydrogen-bond donors (Lipinski definition) is 1. The first-order valence-electron chi connectivity index (χ1n) is 6.89. The number of amides is 1. The minimum absolute atomic E-state index is 0.0488. The van der Waals surface area contributed by atoms with Gasteiger partial charge in [0.25, 0.3) is 0 Å². The standard InChI is InChI=1S/C13H22N4O2/c1-9(2)12(17-6-4-5-7-17)13(18)14-8-11-15-10(3)16-19-11/h9,12H,4-8H2,1-3H3,(H,14,18)/t12-/m1/s1. The lowest BCUT2D eigenvalue weighted by molar-refractivity contribution is -0.127. The van der Waals surface area contributed by atoms with Gasteiger partial charge in [-0.3, -0.25) is 9.69 Å². The minimum atomic E-state index is -0.0634. The van der Waals surface area contributed by atoms with Crippen LogP contribution in [0, 0.1) is 12.8 Å². The van der Waals surface area contributed by atoms with Crippen LogP contribution < -0.4 is 5.32 Å². The van der Waals surface area contributed by atoms with Gasteiger partial charge in [0.1, 0.15) is 0 Å². The van der Waals surface area contributed by atoms with Crippen LogP contribution >= 0.6 is 0 Å². The molecular weight excluding hydrogens is 244 g/mol. The minimum Gasteiger partial charge on any atom is -0.346 e. The molecule has 6 nitrogen and oxygen atoms in total. The highest BCUT2D eigenvalue weighted by atomic mass is 16.5. The molecule has 0 unspecified atom stereocenters. The lowest BCUT2D eigenvalue weighted by atomic mass is 10.0. The highest BCUT2D eigenvalue weighted by Crippen LogP contribution is 2.17. The van der Waals surface area contributed by atoms with E-state index in [2.05, 4.69) is 34.2 Å². The van der Waals surface area contributed by atoms with Crippen LogP contribution in [0.25, 0.3) is 0 Å². The van der Waals surface area contributed by atoms with E-state index >= 15 is 0 Å². The number of nitrogens with zero attached hydrogens (tertiary/aromatic N) is 3. The number of likely N-dealkylation sites (tertiary alicyclic amines) is 1. The van der Waals surface area contributed by atoms with E-state index in [0.29, 0.717) is 24.2 Å². The molecule has 1 aliphatic heterocycles. The predicted molar refractivity (Wildman–Crippen MR) is 70.3 cm³/mol. The number of carbonyl (C=O) groups is 1. The van der Waals surface area contributed by atoms with Gasteiger partial charge in [0.05, 0.1) is 12.6 Å². The summed E-state index contributed by atoms with van der Waals surface area (Å²) in [5.74, 6) is 1.38. The first-order chi connectivity index (χ1) is 9.08. The molecule has 1 N–H and O–H groups in total. The summed E-state index contributed by atoms with van der Waals surface area (Å²) in [4.78, 5) is 18.7. The molecule has 0 spiro atoms. The number of aryl methyl sites for hydroxylation is 1. The molecule has 106 valence electrons. The van der Waals surface area contributed by atoms with Crippen LogP contribution in [0.2, 0.25) is 0 Å². The Morgan fingerprint density at radius 3 is 2.63 bits per heavy atom. The second-order valence-electron chi connectivity index (χ2n) is 5.39. The molecule has 19 heavy (non-hydrogen) atoms. The van der Waals surface area contributed by atoms with Gasteiger partial charge in [0.15, 0.2) is 5.82 Å². The van der Waals surface area contributed by atoms with Gasteiger partial charge in [-0.2, -0.15) is 4.98 Å². The molecule has 1 aromatic heterocycles. The van der Waals surface area contributed by atoms with Crippen molar-refractivity contribution in [3.8, 4) is 0 Å². The van der Waals surface area contributed by atoms with Crippen molar-refractivity contribution in [2.75, 3.05) is 13.1 Å². The quantitative estimate of drug-likeness (QED) is 0.864. The molecule has 0 aliphatic carbocycles. The van der Waals surface area contributed by atoms with Crippen molar-refractivity contribution in [2.24, 2.45) is 5.92 Å². The summed E-state index contributed by atoms with van der Waals surface area (Å²) in [5.41, 5.74) is 0. The normalized spacial score (nSPS) is 17.9. The van der Waals surface area contributed by atoms with E-state index in [-0.39, 0.29) is 11.9 Å². The zero-order chi connectivity index (χ0) is 13.8. The van der Waals surface area contributed by atoms with Crippen molar-refractivity contribution in [1.29, 1.82) is 0 Å². The van der Waals surface area contributed by atoms with Gasteiger partial charge in [-0.25, -0.2) is 0 Å². The third-order valence-corrected chi connectivity index (χ3v) is 3.42. The van der Waals surface area contributed by atoms with E-state index in [1.807, 2.05) is 0 Å². The smallest absolute Gasteiger partial charge is 0.246 e. The molecule has 0 bridgehead atoms. The van der Waals surface area contributed by atoms with Crippen molar-refractivity contribution in [3.63, 3.8) is 0 Å². The Morgan fingerprint density at radius 1 is 1.42 bits per heavy atom. The first kappa shape index (κ1) is 14.0. The van der Waals surface area contributed by atoms with Crippen LogP contribution in [0.15, 0.2) is 4.52 Å². The Bertz CT molecular complexity index is 424. The molecule has 0 saturated carbocycles. The molecular formula is C13H22N4O2. The van der Waals surface area contributed by atoms with Gasteiger partial charge in [-0.15, -0.1) is 0 Å². The molecule has 1 aromatic rings. The van der Waals surface area contributed by atoms with Gasteiger partial charge >= 0.3 is 0 Å². The maximum atomic E-state index is 12.3. The summed E-state index contributed by atoms with van der Waals surface area (Å²) in [6.07, 6.45) is 2.36. The zero-order valence-electron chi connectivity index (χ0n) is 11.8. The third kappa shape index (κ3) is 3.53. The summed E-state index contributed by atoms with van der Waals surface area (Å²) in [7, 11) is 0. The average Bonchev–Trinajstić information content (AvgIpc) is 2.98. The second kappa shape index (κ2) is 6.14. The van der Waals surface area contributed by atoms with Gasteiger partial charge < -0.3 is 9.84 Å². The molecule has 1 atom stereocenters. The second-order valence-corrected chi connectivity index (χ2v) is 5.39. The fraction of sp³-hybridized carbons (Fsp3) is 0.769. The van der Waals surface area contributed by atoms with Crippen LogP contribution in [0.1, 0.15) is 38.4 Å². The van der Waals surface area contributed by atoms with Gasteiger partial charge in [-0.05, 0) is 38.8 Å². The number of hydrogen-bond acceptors (Lipinski definition) is 5. The molecule has 1 saturated heterocycles. The molecule has 1 aliphatic rings. The van der Waals surface area contributed by atoms with E-state index in [4.69, 9.17) is 4.52 Å². The SMILES string of the molecule is Cc1noc(CNC(=O)[C@@H](C(C)C)N2CCCC2)n1. The molecule has 1 amide bonds. The number of aromatic nitrogens is 2. The summed E-state index contributed by atoms with van der Waals surface area (Å²) in [6, 6.07) is -0.0634. The Hall–Kier alpha value is -1.43. The van der Waals surface area contributed by atoms with E-state index in [1.54, 1.807) is 6.92 Å². The molecule has 2 heterocycles. The van der Waals surface area contributed by atoms with Crippen LogP contribution in [0.3, 0.4) is 0 Å². The van der Waals surface area contributed by atoms with Gasteiger partial charge in [-0.1, -0.05) is 19.0 Å². The Balaban J connectivity index is 1.92. The summed E-state index contributed by atoms with van der Waals surface area (Å²) in [6.45, 7) is 8.25. The Kier molecular flexibility index (Phi) is 4.52. The van der Waals surface area contributed by atoms with Crippen molar-refractivity contribution in [3.05, 3.63) is 11.7 Å². The van der Waals surface area contributed by atoms with Gasteiger partial charge in [0, 0.05) is 0 Å². The predicted octanol–water partition coefficient (Wildman–Crippen LogP) is 1.11. The van der Waals surface area contributed by atoms with Crippen LogP contribution in [0.4, 0.5) is 0 Å². The van der Waals surface area contributed by atoms with E-state index < -0.39 is 0 Å². The van der Waals surface area contributed by atoms with Crippen molar-refractivity contribution in [1.82, 2.24) is 20.4 Å². The molecule has 6 heteroatoms. The van der Waals surface area contributed by atoms with Gasteiger partial charge in [0.2, 0.25) is 11.8 Å². The number of nitrogens with one attached hydrogen (secondary N) is 1.